The quantitative estimate of drug-likeness (QED) is 0.668. The number of piperidine rings is 1. The molecule has 0 N–H and O–H groups in total. The molecule has 1 spiro atoms. The summed E-state index contributed by atoms with van der Waals surface area (Å²) >= 11 is 0. The van der Waals surface area contributed by atoms with Crippen LogP contribution in [0, 0.1) is 20.8 Å². The smallest absolute Gasteiger partial charge is 0.246 e. The summed E-state index contributed by atoms with van der Waals surface area (Å²) in [5.74, 6) is 0.789. The Morgan fingerprint density at radius 3 is 2.21 bits per heavy atom. The second-order valence-corrected chi connectivity index (χ2v) is 10.8. The van der Waals surface area contributed by atoms with Crippen LogP contribution in [0.15, 0.2) is 41.3 Å². The highest BCUT2D eigenvalue weighted by Crippen LogP contribution is 2.39. The molecule has 178 valence electrons. The number of carbonyl (C=O) groups is 1. The summed E-state index contributed by atoms with van der Waals surface area (Å²) in [6, 6.07) is 11.3. The van der Waals surface area contributed by atoms with E-state index >= 15 is 0 Å². The summed E-state index contributed by atoms with van der Waals surface area (Å²) in [5.41, 5.74) is 2.58. The number of methoxy groups -OCH3 is 1. The molecule has 0 saturated carbocycles. The fourth-order valence-corrected chi connectivity index (χ4v) is 7.29. The third-order valence-corrected chi connectivity index (χ3v) is 8.94. The number of amides is 1. The first kappa shape index (κ1) is 23.7. The molecule has 2 aromatic carbocycles. The van der Waals surface area contributed by atoms with Gasteiger partial charge in [0.1, 0.15) is 11.5 Å². The van der Waals surface area contributed by atoms with Crippen LogP contribution in [0.5, 0.6) is 5.75 Å². The molecule has 0 aromatic heterocycles. The summed E-state index contributed by atoms with van der Waals surface area (Å²) in [6.07, 6.45) is 1.23. The molecule has 1 amide bonds. The zero-order valence-electron chi connectivity index (χ0n) is 19.8. The summed E-state index contributed by atoms with van der Waals surface area (Å²) in [7, 11) is -2.11. The van der Waals surface area contributed by atoms with E-state index in [-0.39, 0.29) is 5.91 Å². The number of hydrogen-bond donors (Lipinski definition) is 0. The number of hydrogen-bond acceptors (Lipinski definition) is 5. The highest BCUT2D eigenvalue weighted by atomic mass is 32.2. The zero-order chi connectivity index (χ0) is 23.8. The summed E-state index contributed by atoms with van der Waals surface area (Å²) in [6.45, 7) is 7.28. The molecular formula is C25H32N2O5S. The van der Waals surface area contributed by atoms with Crippen LogP contribution in [0.25, 0.3) is 0 Å². The maximum absolute atomic E-state index is 13.7. The van der Waals surface area contributed by atoms with E-state index in [0.717, 1.165) is 28.0 Å². The lowest BCUT2D eigenvalue weighted by Crippen LogP contribution is -2.56. The predicted molar refractivity (Wildman–Crippen MR) is 126 cm³/mol. The predicted octanol–water partition coefficient (Wildman–Crippen LogP) is 3.20. The Labute approximate surface area is 196 Å². The fraction of sp³-hybridized carbons (Fsp3) is 0.480. The Morgan fingerprint density at radius 2 is 1.64 bits per heavy atom. The maximum Gasteiger partial charge on any atom is 0.246 e. The molecule has 8 heteroatoms. The van der Waals surface area contributed by atoms with Gasteiger partial charge in [-0.15, -0.1) is 0 Å². The van der Waals surface area contributed by atoms with E-state index in [1.54, 1.807) is 7.11 Å². The lowest BCUT2D eigenvalue weighted by Gasteiger charge is -2.43. The van der Waals surface area contributed by atoms with Crippen molar-refractivity contribution in [3.8, 4) is 5.75 Å². The maximum atomic E-state index is 13.7. The molecule has 7 nitrogen and oxygen atoms in total. The summed E-state index contributed by atoms with van der Waals surface area (Å²) in [4.78, 5) is 15.0. The van der Waals surface area contributed by atoms with Crippen molar-refractivity contribution in [1.29, 1.82) is 0 Å². The minimum Gasteiger partial charge on any atom is -0.497 e. The van der Waals surface area contributed by atoms with Crippen LogP contribution in [-0.2, 0) is 26.0 Å². The number of carbonyl (C=O) groups excluding carboxylic acids is 1. The second-order valence-electron chi connectivity index (χ2n) is 9.01. The minimum atomic E-state index is -3.72. The Kier molecular flexibility index (Phi) is 6.53. The number of likely N-dealkylation sites (tertiary alicyclic amines) is 1. The van der Waals surface area contributed by atoms with Crippen LogP contribution in [0.1, 0.15) is 35.1 Å². The van der Waals surface area contributed by atoms with Crippen molar-refractivity contribution in [3.63, 3.8) is 0 Å². The van der Waals surface area contributed by atoms with E-state index in [2.05, 4.69) is 0 Å². The summed E-state index contributed by atoms with van der Waals surface area (Å²) in [5, 5.41) is 0. The highest BCUT2D eigenvalue weighted by Gasteiger charge is 2.51. The van der Waals surface area contributed by atoms with E-state index in [1.165, 1.54) is 4.31 Å². The van der Waals surface area contributed by atoms with Crippen LogP contribution in [0.3, 0.4) is 0 Å². The largest absolute Gasteiger partial charge is 0.497 e. The van der Waals surface area contributed by atoms with Crippen molar-refractivity contribution in [2.24, 2.45) is 0 Å². The SMILES string of the molecule is COc1ccc(CC(=O)N2CCC3(CC2)OCCN3S(=O)(=O)c2c(C)cc(C)cc2C)cc1. The molecule has 2 aliphatic rings. The molecule has 4 rings (SSSR count). The highest BCUT2D eigenvalue weighted by molar-refractivity contribution is 7.89. The van der Waals surface area contributed by atoms with Gasteiger partial charge in [-0.05, 0) is 49.6 Å². The van der Waals surface area contributed by atoms with Gasteiger partial charge < -0.3 is 14.4 Å². The lowest BCUT2D eigenvalue weighted by atomic mass is 10.00. The third-order valence-electron chi connectivity index (χ3n) is 6.68. The van der Waals surface area contributed by atoms with E-state index in [0.29, 0.717) is 50.4 Å². The standard InChI is InChI=1S/C25H32N2O5S/c1-18-15-19(2)24(20(3)16-18)33(29,30)27-13-14-32-25(27)9-11-26(12-10-25)23(28)17-21-5-7-22(31-4)8-6-21/h5-8,15-16H,9-14,17H2,1-4H3. The number of rotatable bonds is 5. The second kappa shape index (κ2) is 9.08. The van der Waals surface area contributed by atoms with Gasteiger partial charge in [-0.25, -0.2) is 8.42 Å². The van der Waals surface area contributed by atoms with E-state index < -0.39 is 15.7 Å². The number of ether oxygens (including phenoxy) is 2. The van der Waals surface area contributed by atoms with Crippen LogP contribution >= 0.6 is 0 Å². The van der Waals surface area contributed by atoms with Crippen molar-refractivity contribution >= 4 is 15.9 Å². The van der Waals surface area contributed by atoms with Crippen LogP contribution in [-0.4, -0.2) is 62.6 Å². The number of nitrogens with zero attached hydrogens (tertiary/aromatic N) is 2. The topological polar surface area (TPSA) is 76.2 Å². The van der Waals surface area contributed by atoms with Gasteiger partial charge in [0, 0.05) is 32.5 Å². The molecule has 0 atom stereocenters. The Balaban J connectivity index is 1.48. The molecule has 0 radical (unpaired) electrons. The van der Waals surface area contributed by atoms with Gasteiger partial charge in [-0.1, -0.05) is 29.8 Å². The van der Waals surface area contributed by atoms with Crippen molar-refractivity contribution in [2.45, 2.75) is 50.7 Å². The first-order valence-electron chi connectivity index (χ1n) is 11.3. The fourth-order valence-electron chi connectivity index (χ4n) is 5.15. The molecule has 2 saturated heterocycles. The van der Waals surface area contributed by atoms with Crippen LogP contribution < -0.4 is 4.74 Å². The Bertz CT molecular complexity index is 1110. The van der Waals surface area contributed by atoms with E-state index in [1.807, 2.05) is 62.1 Å². The van der Waals surface area contributed by atoms with Gasteiger partial charge in [0.2, 0.25) is 15.9 Å². The molecule has 2 heterocycles. The Morgan fingerprint density at radius 1 is 1.03 bits per heavy atom. The zero-order valence-corrected chi connectivity index (χ0v) is 20.6. The average Bonchev–Trinajstić information content (AvgIpc) is 3.17. The third kappa shape index (κ3) is 4.52. The molecule has 2 aliphatic heterocycles. The molecule has 0 bridgehead atoms. The molecule has 0 aliphatic carbocycles. The first-order valence-corrected chi connectivity index (χ1v) is 12.8. The van der Waals surface area contributed by atoms with Gasteiger partial charge in [0.25, 0.3) is 0 Å². The normalized spacial score (nSPS) is 18.6. The lowest BCUT2D eigenvalue weighted by molar-refractivity contribution is -0.139. The average molecular weight is 473 g/mol. The number of benzene rings is 2. The van der Waals surface area contributed by atoms with Gasteiger partial charge in [-0.3, -0.25) is 4.79 Å². The van der Waals surface area contributed by atoms with Crippen LogP contribution in [0.4, 0.5) is 0 Å². The first-order chi connectivity index (χ1) is 15.7. The van der Waals surface area contributed by atoms with E-state index in [4.69, 9.17) is 9.47 Å². The van der Waals surface area contributed by atoms with E-state index in [9.17, 15) is 13.2 Å². The number of sulfonamides is 1. The van der Waals surface area contributed by atoms with Gasteiger partial charge in [0.05, 0.1) is 25.0 Å². The van der Waals surface area contributed by atoms with Crippen molar-refractivity contribution in [2.75, 3.05) is 33.4 Å². The molecule has 2 fully saturated rings. The minimum absolute atomic E-state index is 0.0349. The van der Waals surface area contributed by atoms with Crippen molar-refractivity contribution in [3.05, 3.63) is 58.7 Å². The summed E-state index contributed by atoms with van der Waals surface area (Å²) < 4.78 is 40.2. The monoisotopic (exact) mass is 472 g/mol. The van der Waals surface area contributed by atoms with Gasteiger partial charge >= 0.3 is 0 Å². The molecule has 0 unspecified atom stereocenters. The molecule has 2 aromatic rings. The van der Waals surface area contributed by atoms with Crippen LogP contribution in [0.2, 0.25) is 0 Å². The van der Waals surface area contributed by atoms with Gasteiger partial charge in [-0.2, -0.15) is 4.31 Å². The Hall–Kier alpha value is -2.42. The number of aryl methyl sites for hydroxylation is 3. The van der Waals surface area contributed by atoms with Crippen molar-refractivity contribution in [1.82, 2.24) is 9.21 Å². The molecular weight excluding hydrogens is 440 g/mol. The van der Waals surface area contributed by atoms with Gasteiger partial charge in [0.15, 0.2) is 0 Å². The molecule has 33 heavy (non-hydrogen) atoms. The van der Waals surface area contributed by atoms with Crippen molar-refractivity contribution < 1.29 is 22.7 Å².